The van der Waals surface area contributed by atoms with E-state index in [4.69, 9.17) is 16.7 Å². The van der Waals surface area contributed by atoms with E-state index < -0.39 is 22.9 Å². The van der Waals surface area contributed by atoms with Crippen LogP contribution in [0.25, 0.3) is 0 Å². The van der Waals surface area contributed by atoms with Crippen molar-refractivity contribution >= 4 is 23.9 Å². The molecule has 1 aromatic rings. The van der Waals surface area contributed by atoms with Crippen LogP contribution in [0.4, 0.5) is 4.39 Å². The smallest absolute Gasteiger partial charge is 0.338 e. The number of benzene rings is 1. The molecule has 0 atom stereocenters. The molecule has 0 aliphatic rings. The van der Waals surface area contributed by atoms with Crippen LogP contribution in [0.3, 0.4) is 0 Å². The third kappa shape index (κ3) is 1.61. The predicted octanol–water partition coefficient (Wildman–Crippen LogP) is 2.30. The van der Waals surface area contributed by atoms with Crippen molar-refractivity contribution < 1.29 is 19.1 Å². The number of carboxylic acids is 1. The quantitative estimate of drug-likeness (QED) is 0.772. The number of hydrogen-bond donors (Lipinski definition) is 1. The number of carbonyl (C=O) groups excluding carboxylic acids is 1. The highest BCUT2D eigenvalue weighted by Gasteiger charge is 2.18. The van der Waals surface area contributed by atoms with Gasteiger partial charge in [-0.05, 0) is 18.6 Å². The summed E-state index contributed by atoms with van der Waals surface area (Å²) in [4.78, 5) is 21.0. The number of rotatable bonds is 2. The molecule has 1 N–H and O–H groups in total. The maximum atomic E-state index is 13.3. The van der Waals surface area contributed by atoms with Crippen LogP contribution in [-0.2, 0) is 0 Å². The van der Waals surface area contributed by atoms with Crippen LogP contribution in [0.1, 0.15) is 26.3 Å². The Morgan fingerprint density at radius 3 is 2.64 bits per heavy atom. The summed E-state index contributed by atoms with van der Waals surface area (Å²) in [6, 6.07) is 1.09. The number of halogens is 2. The Hall–Kier alpha value is -1.42. The Labute approximate surface area is 84.1 Å². The lowest BCUT2D eigenvalue weighted by Crippen LogP contribution is -2.05. The highest BCUT2D eigenvalue weighted by molar-refractivity contribution is 6.33. The van der Waals surface area contributed by atoms with Gasteiger partial charge in [-0.25, -0.2) is 9.18 Å². The van der Waals surface area contributed by atoms with E-state index in [1.165, 1.54) is 6.92 Å². The molecular weight excluding hydrogens is 211 g/mol. The molecule has 0 amide bonds. The Morgan fingerprint density at radius 2 is 2.21 bits per heavy atom. The lowest BCUT2D eigenvalue weighted by Gasteiger charge is -2.05. The summed E-state index contributed by atoms with van der Waals surface area (Å²) in [5, 5.41) is 8.55. The lowest BCUT2D eigenvalue weighted by atomic mass is 10.1. The Balaban J connectivity index is 3.58. The molecule has 1 aromatic carbocycles. The van der Waals surface area contributed by atoms with Crippen LogP contribution < -0.4 is 0 Å². The fraction of sp³-hybridized carbons (Fsp3) is 0.111. The van der Waals surface area contributed by atoms with Gasteiger partial charge in [0.05, 0.1) is 16.1 Å². The zero-order valence-electron chi connectivity index (χ0n) is 7.17. The molecule has 0 spiro atoms. The Kier molecular flexibility index (Phi) is 2.86. The second-order valence-corrected chi connectivity index (χ2v) is 3.08. The largest absolute Gasteiger partial charge is 0.478 e. The molecule has 0 saturated heterocycles. The molecule has 14 heavy (non-hydrogen) atoms. The zero-order valence-corrected chi connectivity index (χ0v) is 7.93. The molecule has 0 aliphatic heterocycles. The van der Waals surface area contributed by atoms with Gasteiger partial charge in [0.2, 0.25) is 0 Å². The fourth-order valence-corrected chi connectivity index (χ4v) is 1.24. The second kappa shape index (κ2) is 3.75. The van der Waals surface area contributed by atoms with Crippen molar-refractivity contribution in [3.8, 4) is 0 Å². The Bertz CT molecular complexity index is 415. The topological polar surface area (TPSA) is 54.4 Å². The Morgan fingerprint density at radius 1 is 1.64 bits per heavy atom. The van der Waals surface area contributed by atoms with Gasteiger partial charge in [-0.15, -0.1) is 0 Å². The summed E-state index contributed by atoms with van der Waals surface area (Å²) in [7, 11) is 0. The van der Waals surface area contributed by atoms with Gasteiger partial charge >= 0.3 is 5.97 Å². The standard InChI is InChI=1S/C9H6ClFO3/c1-4-2-5(9(13)14)8(11)6(3-12)7(4)10/h2-3H,1H3,(H,13,14). The van der Waals surface area contributed by atoms with Crippen LogP contribution in [0, 0.1) is 12.7 Å². The molecule has 1 rings (SSSR count). The summed E-state index contributed by atoms with van der Waals surface area (Å²) >= 11 is 5.61. The summed E-state index contributed by atoms with van der Waals surface area (Å²) < 4.78 is 13.3. The molecule has 0 aromatic heterocycles. The average molecular weight is 217 g/mol. The molecule has 3 nitrogen and oxygen atoms in total. The summed E-state index contributed by atoms with van der Waals surface area (Å²) in [5.41, 5.74) is -0.606. The number of aldehydes is 1. The van der Waals surface area contributed by atoms with Gasteiger partial charge in [-0.2, -0.15) is 0 Å². The van der Waals surface area contributed by atoms with E-state index in [2.05, 4.69) is 0 Å². The molecule has 0 saturated carbocycles. The molecule has 5 heteroatoms. The van der Waals surface area contributed by atoms with Crippen LogP contribution in [-0.4, -0.2) is 17.4 Å². The summed E-state index contributed by atoms with van der Waals surface area (Å²) in [6.45, 7) is 1.50. The molecule has 0 unspecified atom stereocenters. The van der Waals surface area contributed by atoms with Gasteiger partial charge < -0.3 is 5.11 Å². The second-order valence-electron chi connectivity index (χ2n) is 2.71. The van der Waals surface area contributed by atoms with Crippen molar-refractivity contribution in [2.24, 2.45) is 0 Å². The third-order valence-electron chi connectivity index (χ3n) is 1.76. The van der Waals surface area contributed by atoms with Crippen LogP contribution in [0.15, 0.2) is 6.07 Å². The highest BCUT2D eigenvalue weighted by Crippen LogP contribution is 2.25. The van der Waals surface area contributed by atoms with Crippen molar-refractivity contribution in [1.82, 2.24) is 0 Å². The van der Waals surface area contributed by atoms with E-state index >= 15 is 0 Å². The highest BCUT2D eigenvalue weighted by atomic mass is 35.5. The van der Waals surface area contributed by atoms with Crippen molar-refractivity contribution in [3.05, 3.63) is 33.6 Å². The summed E-state index contributed by atoms with van der Waals surface area (Å²) in [5.74, 6) is -2.52. The van der Waals surface area contributed by atoms with Crippen LogP contribution in [0.2, 0.25) is 5.02 Å². The number of carbonyl (C=O) groups is 2. The third-order valence-corrected chi connectivity index (χ3v) is 2.27. The predicted molar refractivity (Wildman–Crippen MR) is 48.5 cm³/mol. The zero-order chi connectivity index (χ0) is 10.9. The van der Waals surface area contributed by atoms with E-state index in [1.807, 2.05) is 0 Å². The molecular formula is C9H6ClFO3. The first-order valence-corrected chi connectivity index (χ1v) is 4.04. The average Bonchev–Trinajstić information content (AvgIpc) is 2.12. The number of aryl methyl sites for hydroxylation is 1. The first-order chi connectivity index (χ1) is 6.49. The number of carboxylic acid groups (broad SMARTS) is 1. The van der Waals surface area contributed by atoms with Gasteiger partial charge in [0.15, 0.2) is 6.29 Å². The summed E-state index contributed by atoms with van der Waals surface area (Å²) in [6.07, 6.45) is 0.205. The molecule has 74 valence electrons. The minimum Gasteiger partial charge on any atom is -0.478 e. The van der Waals surface area contributed by atoms with E-state index in [9.17, 15) is 14.0 Å². The van der Waals surface area contributed by atoms with Crippen molar-refractivity contribution in [2.75, 3.05) is 0 Å². The van der Waals surface area contributed by atoms with E-state index in [0.29, 0.717) is 5.56 Å². The van der Waals surface area contributed by atoms with Crippen molar-refractivity contribution in [2.45, 2.75) is 6.92 Å². The maximum absolute atomic E-state index is 13.3. The normalized spacial score (nSPS) is 9.93. The van der Waals surface area contributed by atoms with E-state index in [1.54, 1.807) is 0 Å². The van der Waals surface area contributed by atoms with E-state index in [-0.39, 0.29) is 11.3 Å². The minimum atomic E-state index is -1.43. The molecule has 0 bridgehead atoms. The van der Waals surface area contributed by atoms with Crippen LogP contribution >= 0.6 is 11.6 Å². The SMILES string of the molecule is Cc1cc(C(=O)O)c(F)c(C=O)c1Cl. The molecule has 0 fully saturated rings. The lowest BCUT2D eigenvalue weighted by molar-refractivity contribution is 0.0691. The van der Waals surface area contributed by atoms with Crippen LogP contribution in [0.5, 0.6) is 0 Å². The minimum absolute atomic E-state index is 0.0532. The van der Waals surface area contributed by atoms with Gasteiger partial charge in [-0.1, -0.05) is 11.6 Å². The molecule has 0 aliphatic carbocycles. The number of aromatic carboxylic acids is 1. The van der Waals surface area contributed by atoms with Gasteiger partial charge in [0.1, 0.15) is 5.82 Å². The monoisotopic (exact) mass is 216 g/mol. The maximum Gasteiger partial charge on any atom is 0.338 e. The first-order valence-electron chi connectivity index (χ1n) is 3.66. The van der Waals surface area contributed by atoms with Gasteiger partial charge in [0.25, 0.3) is 0 Å². The van der Waals surface area contributed by atoms with Crippen molar-refractivity contribution in [1.29, 1.82) is 0 Å². The van der Waals surface area contributed by atoms with Gasteiger partial charge in [0, 0.05) is 0 Å². The van der Waals surface area contributed by atoms with Gasteiger partial charge in [-0.3, -0.25) is 4.79 Å². The first kappa shape index (κ1) is 10.7. The van der Waals surface area contributed by atoms with E-state index in [0.717, 1.165) is 6.07 Å². The molecule has 0 heterocycles. The van der Waals surface area contributed by atoms with Crippen molar-refractivity contribution in [3.63, 3.8) is 0 Å². The molecule has 0 radical (unpaired) electrons. The fourth-order valence-electron chi connectivity index (χ4n) is 1.06. The number of hydrogen-bond acceptors (Lipinski definition) is 2.